The Balaban J connectivity index is 1.49. The largest absolute Gasteiger partial charge is 0.391 e. The fraction of sp³-hybridized carbons (Fsp3) is 0.600. The smallest absolute Gasteiger partial charge is 0.257 e. The lowest BCUT2D eigenvalue weighted by Crippen LogP contribution is -2.58. The van der Waals surface area contributed by atoms with E-state index in [0.717, 1.165) is 69.1 Å². The molecule has 26 heavy (non-hydrogen) atoms. The van der Waals surface area contributed by atoms with Crippen molar-refractivity contribution in [3.63, 3.8) is 0 Å². The van der Waals surface area contributed by atoms with E-state index in [0.29, 0.717) is 17.5 Å². The average molecular weight is 355 g/mol. The van der Waals surface area contributed by atoms with Crippen LogP contribution in [0.2, 0.25) is 0 Å². The second-order valence-corrected chi connectivity index (χ2v) is 8.11. The summed E-state index contributed by atoms with van der Waals surface area (Å²) < 4.78 is 7.32. The summed E-state index contributed by atoms with van der Waals surface area (Å²) in [4.78, 5) is 20.0. The van der Waals surface area contributed by atoms with Gasteiger partial charge in [0, 0.05) is 61.5 Å². The van der Waals surface area contributed by atoms with Crippen molar-refractivity contribution in [2.75, 3.05) is 32.8 Å². The van der Waals surface area contributed by atoms with Gasteiger partial charge in [-0.2, -0.15) is 0 Å². The normalized spacial score (nSPS) is 23.6. The molecule has 4 aliphatic rings. The van der Waals surface area contributed by atoms with E-state index in [2.05, 4.69) is 4.90 Å². The van der Waals surface area contributed by atoms with Gasteiger partial charge in [0.2, 0.25) is 0 Å². The van der Waals surface area contributed by atoms with Crippen LogP contribution in [0.15, 0.2) is 27.1 Å². The second-order valence-electron chi connectivity index (χ2n) is 8.11. The molecule has 2 fully saturated rings. The van der Waals surface area contributed by atoms with Gasteiger partial charge in [0.05, 0.1) is 24.6 Å². The molecule has 6 nitrogen and oxygen atoms in total. The minimum atomic E-state index is -0.208. The number of aromatic nitrogens is 1. The van der Waals surface area contributed by atoms with E-state index in [9.17, 15) is 9.90 Å². The zero-order valence-electron chi connectivity index (χ0n) is 15.3. The van der Waals surface area contributed by atoms with E-state index in [4.69, 9.17) is 9.73 Å². The number of hydrogen-bond acceptors (Lipinski definition) is 5. The minimum absolute atomic E-state index is 0.0732. The molecule has 1 N–H and O–H groups in total. The summed E-state index contributed by atoms with van der Waals surface area (Å²) in [7, 11) is 0. The van der Waals surface area contributed by atoms with Crippen molar-refractivity contribution in [1.82, 2.24) is 9.47 Å². The standard InChI is InChI=1S/C20H25N3O3/c1-13-8-17-18-14(9-23(17)19(25)15(13)10-24)16(2-5-21-18)22-11-20(12-22)3-6-26-7-4-20/h8,24H,2-7,9-12H2,1H3. The summed E-state index contributed by atoms with van der Waals surface area (Å²) in [5.74, 6) is 0. The van der Waals surface area contributed by atoms with Crippen LogP contribution in [0.4, 0.5) is 0 Å². The van der Waals surface area contributed by atoms with Crippen molar-refractivity contribution in [3.05, 3.63) is 44.5 Å². The molecule has 1 aromatic heterocycles. The number of dihydropyridines is 1. The summed E-state index contributed by atoms with van der Waals surface area (Å²) in [6.07, 6.45) is 3.28. The Labute approximate surface area is 152 Å². The summed E-state index contributed by atoms with van der Waals surface area (Å²) in [6, 6.07) is 2.01. The van der Waals surface area contributed by atoms with E-state index >= 15 is 0 Å². The maximum absolute atomic E-state index is 12.8. The monoisotopic (exact) mass is 355 g/mol. The molecule has 138 valence electrons. The van der Waals surface area contributed by atoms with Crippen LogP contribution in [-0.2, 0) is 17.9 Å². The molecule has 0 aliphatic carbocycles. The predicted molar refractivity (Wildman–Crippen MR) is 98.5 cm³/mol. The number of hydrogen-bond donors (Lipinski definition) is 1. The summed E-state index contributed by atoms with van der Waals surface area (Å²) in [5.41, 5.74) is 6.20. The van der Waals surface area contributed by atoms with E-state index < -0.39 is 0 Å². The first-order chi connectivity index (χ1) is 12.6. The first-order valence-corrected chi connectivity index (χ1v) is 9.56. The third-order valence-corrected chi connectivity index (χ3v) is 6.58. The minimum Gasteiger partial charge on any atom is -0.391 e. The van der Waals surface area contributed by atoms with Gasteiger partial charge < -0.3 is 19.3 Å². The topological polar surface area (TPSA) is 67.1 Å². The molecule has 1 aromatic rings. The SMILES string of the molecule is Cc1cc2n(c(=O)c1CO)CC1=C(N3CC4(CCOCC4)C3)CCN=C12. The van der Waals surface area contributed by atoms with Crippen LogP contribution in [0, 0.1) is 12.3 Å². The lowest BCUT2D eigenvalue weighted by Gasteiger charge is -2.54. The van der Waals surface area contributed by atoms with Crippen molar-refractivity contribution in [1.29, 1.82) is 0 Å². The van der Waals surface area contributed by atoms with Gasteiger partial charge in [0.15, 0.2) is 0 Å². The highest BCUT2D eigenvalue weighted by molar-refractivity contribution is 6.14. The van der Waals surface area contributed by atoms with E-state index in [1.54, 1.807) is 4.57 Å². The Hall–Kier alpha value is -1.92. The quantitative estimate of drug-likeness (QED) is 0.866. The Morgan fingerprint density at radius 2 is 2.08 bits per heavy atom. The molecule has 0 unspecified atom stereocenters. The third-order valence-electron chi connectivity index (χ3n) is 6.58. The number of likely N-dealkylation sites (tertiary alicyclic amines) is 1. The number of ether oxygens (including phenoxy) is 1. The average Bonchev–Trinajstić information content (AvgIpc) is 3.00. The maximum Gasteiger partial charge on any atom is 0.257 e. The molecule has 5 rings (SSSR count). The molecule has 0 radical (unpaired) electrons. The molecule has 5 heterocycles. The highest BCUT2D eigenvalue weighted by Gasteiger charge is 2.46. The number of aliphatic hydroxyl groups excluding tert-OH is 1. The Morgan fingerprint density at radius 3 is 2.81 bits per heavy atom. The number of rotatable bonds is 2. The van der Waals surface area contributed by atoms with Crippen LogP contribution in [0.1, 0.15) is 36.1 Å². The fourth-order valence-corrected chi connectivity index (χ4v) is 5.00. The molecule has 6 heteroatoms. The van der Waals surface area contributed by atoms with E-state index in [1.807, 2.05) is 13.0 Å². The number of aliphatic hydroxyl groups is 1. The maximum atomic E-state index is 12.8. The van der Waals surface area contributed by atoms with Crippen molar-refractivity contribution in [3.8, 4) is 0 Å². The van der Waals surface area contributed by atoms with E-state index in [-0.39, 0.29) is 12.2 Å². The van der Waals surface area contributed by atoms with Gasteiger partial charge in [0.25, 0.3) is 5.56 Å². The van der Waals surface area contributed by atoms with Crippen molar-refractivity contribution >= 4 is 5.71 Å². The van der Waals surface area contributed by atoms with Gasteiger partial charge in [-0.3, -0.25) is 9.79 Å². The second kappa shape index (κ2) is 5.79. The number of fused-ring (bicyclic) bond motifs is 3. The van der Waals surface area contributed by atoms with Gasteiger partial charge in [0.1, 0.15) is 0 Å². The van der Waals surface area contributed by atoms with Crippen LogP contribution in [0.3, 0.4) is 0 Å². The highest BCUT2D eigenvalue weighted by atomic mass is 16.5. The summed E-state index contributed by atoms with van der Waals surface area (Å²) in [5, 5.41) is 9.54. The number of aliphatic imine (C=N–C) groups is 1. The highest BCUT2D eigenvalue weighted by Crippen LogP contribution is 2.44. The van der Waals surface area contributed by atoms with Gasteiger partial charge >= 0.3 is 0 Å². The fourth-order valence-electron chi connectivity index (χ4n) is 5.00. The molecule has 0 amide bonds. The Bertz CT molecular complexity index is 882. The molecule has 4 aliphatic heterocycles. The Kier molecular flexibility index (Phi) is 3.62. The summed E-state index contributed by atoms with van der Waals surface area (Å²) >= 11 is 0. The predicted octanol–water partition coefficient (Wildman–Crippen LogP) is 1.22. The van der Waals surface area contributed by atoms with Crippen molar-refractivity contribution in [2.24, 2.45) is 10.4 Å². The number of allylic oxidation sites excluding steroid dienone is 1. The van der Waals surface area contributed by atoms with Gasteiger partial charge in [-0.25, -0.2) is 0 Å². The van der Waals surface area contributed by atoms with Crippen LogP contribution in [0.25, 0.3) is 0 Å². The zero-order chi connectivity index (χ0) is 17.9. The molecule has 0 aromatic carbocycles. The lowest BCUT2D eigenvalue weighted by atomic mass is 9.72. The van der Waals surface area contributed by atoms with E-state index in [1.165, 1.54) is 11.3 Å². The molecule has 1 spiro atoms. The van der Waals surface area contributed by atoms with Crippen molar-refractivity contribution in [2.45, 2.75) is 39.3 Å². The number of nitrogens with zero attached hydrogens (tertiary/aromatic N) is 3. The van der Waals surface area contributed by atoms with Crippen LogP contribution >= 0.6 is 0 Å². The van der Waals surface area contributed by atoms with Crippen molar-refractivity contribution < 1.29 is 9.84 Å². The number of pyridine rings is 1. The van der Waals surface area contributed by atoms with Crippen LogP contribution in [-0.4, -0.2) is 53.1 Å². The first-order valence-electron chi connectivity index (χ1n) is 9.56. The van der Waals surface area contributed by atoms with Gasteiger partial charge in [-0.1, -0.05) is 0 Å². The third kappa shape index (κ3) is 2.25. The molecule has 0 saturated carbocycles. The molecule has 0 bridgehead atoms. The molecular weight excluding hydrogens is 330 g/mol. The molecular formula is C20H25N3O3. The zero-order valence-corrected chi connectivity index (χ0v) is 15.3. The number of aryl methyl sites for hydroxylation is 1. The van der Waals surface area contributed by atoms with Crippen LogP contribution in [0.5, 0.6) is 0 Å². The molecule has 2 saturated heterocycles. The Morgan fingerprint density at radius 1 is 1.31 bits per heavy atom. The molecule has 0 atom stereocenters. The summed E-state index contributed by atoms with van der Waals surface area (Å²) in [6.45, 7) is 7.04. The van der Waals surface area contributed by atoms with Crippen LogP contribution < -0.4 is 5.56 Å². The first kappa shape index (κ1) is 16.3. The van der Waals surface area contributed by atoms with Gasteiger partial charge in [-0.15, -0.1) is 0 Å². The lowest BCUT2D eigenvalue weighted by molar-refractivity contribution is -0.0678. The van der Waals surface area contributed by atoms with Gasteiger partial charge in [-0.05, 0) is 31.4 Å².